The van der Waals surface area contributed by atoms with Gasteiger partial charge in [-0.2, -0.15) is 0 Å². The highest BCUT2D eigenvalue weighted by Crippen LogP contribution is 2.22. The molecular formula is C24H30N2O4. The zero-order chi connectivity index (χ0) is 22.3. The van der Waals surface area contributed by atoms with Gasteiger partial charge in [0.25, 0.3) is 11.8 Å². The molecule has 0 radical (unpaired) electrons. The van der Waals surface area contributed by atoms with Crippen molar-refractivity contribution in [1.29, 1.82) is 0 Å². The van der Waals surface area contributed by atoms with E-state index in [1.807, 2.05) is 31.2 Å². The number of carbonyl (C=O) groups is 3. The van der Waals surface area contributed by atoms with Crippen LogP contribution in [0, 0.1) is 6.92 Å². The van der Waals surface area contributed by atoms with Crippen LogP contribution in [-0.4, -0.2) is 30.4 Å². The molecule has 0 aliphatic rings. The first-order valence-electron chi connectivity index (χ1n) is 10.0. The van der Waals surface area contributed by atoms with Crippen molar-refractivity contribution < 1.29 is 19.1 Å². The number of hydrogen-bond acceptors (Lipinski definition) is 4. The van der Waals surface area contributed by atoms with Crippen molar-refractivity contribution in [3.8, 4) is 0 Å². The van der Waals surface area contributed by atoms with E-state index in [9.17, 15) is 14.4 Å². The van der Waals surface area contributed by atoms with Crippen molar-refractivity contribution in [3.63, 3.8) is 0 Å². The van der Waals surface area contributed by atoms with E-state index in [4.69, 9.17) is 4.74 Å². The molecule has 0 aromatic heterocycles. The van der Waals surface area contributed by atoms with Crippen LogP contribution in [0.1, 0.15) is 55.6 Å². The van der Waals surface area contributed by atoms with Crippen molar-refractivity contribution >= 4 is 23.5 Å². The van der Waals surface area contributed by atoms with Crippen LogP contribution < -0.4 is 10.6 Å². The van der Waals surface area contributed by atoms with Gasteiger partial charge in [-0.3, -0.25) is 14.4 Å². The van der Waals surface area contributed by atoms with Gasteiger partial charge in [0.05, 0.1) is 6.42 Å². The van der Waals surface area contributed by atoms with Crippen molar-refractivity contribution in [1.82, 2.24) is 5.32 Å². The fourth-order valence-corrected chi connectivity index (χ4v) is 2.69. The molecule has 0 aliphatic carbocycles. The summed E-state index contributed by atoms with van der Waals surface area (Å²) in [5.74, 6) is -1.21. The largest absolute Gasteiger partial charge is 0.452 e. The van der Waals surface area contributed by atoms with Gasteiger partial charge in [0.1, 0.15) is 0 Å². The second-order valence-electron chi connectivity index (χ2n) is 8.32. The zero-order valence-corrected chi connectivity index (χ0v) is 18.2. The maximum Gasteiger partial charge on any atom is 0.308 e. The second-order valence-corrected chi connectivity index (χ2v) is 8.32. The first-order valence-corrected chi connectivity index (χ1v) is 10.0. The Morgan fingerprint density at radius 3 is 2.13 bits per heavy atom. The molecule has 160 valence electrons. The van der Waals surface area contributed by atoms with Gasteiger partial charge in [-0.25, -0.2) is 0 Å². The predicted molar refractivity (Wildman–Crippen MR) is 117 cm³/mol. The Bertz CT molecular complexity index is 881. The summed E-state index contributed by atoms with van der Waals surface area (Å²) in [6.07, 6.45) is -0.951. The highest BCUT2D eigenvalue weighted by atomic mass is 16.5. The number of ether oxygens (including phenoxy) is 1. The third kappa shape index (κ3) is 7.03. The van der Waals surface area contributed by atoms with Crippen molar-refractivity contribution in [3.05, 3.63) is 65.2 Å². The van der Waals surface area contributed by atoms with Crippen LogP contribution >= 0.6 is 0 Å². The van der Waals surface area contributed by atoms with Gasteiger partial charge in [-0.15, -0.1) is 0 Å². The molecule has 30 heavy (non-hydrogen) atoms. The number of benzene rings is 2. The van der Waals surface area contributed by atoms with Gasteiger partial charge in [0, 0.05) is 17.8 Å². The quantitative estimate of drug-likeness (QED) is 0.676. The van der Waals surface area contributed by atoms with Gasteiger partial charge in [0.2, 0.25) is 0 Å². The summed E-state index contributed by atoms with van der Waals surface area (Å²) in [6.45, 7) is 9.92. The number of rotatable bonds is 7. The summed E-state index contributed by atoms with van der Waals surface area (Å²) >= 11 is 0. The molecule has 0 bridgehead atoms. The van der Waals surface area contributed by atoms with Crippen LogP contribution in [0.2, 0.25) is 0 Å². The molecule has 6 nitrogen and oxygen atoms in total. The van der Waals surface area contributed by atoms with Crippen molar-refractivity contribution in [2.24, 2.45) is 0 Å². The van der Waals surface area contributed by atoms with Crippen LogP contribution in [0.4, 0.5) is 5.69 Å². The number of esters is 1. The third-order valence-electron chi connectivity index (χ3n) is 4.62. The molecule has 0 heterocycles. The summed E-state index contributed by atoms with van der Waals surface area (Å²) < 4.78 is 5.15. The fourth-order valence-electron chi connectivity index (χ4n) is 2.69. The van der Waals surface area contributed by atoms with Crippen molar-refractivity contribution in [2.45, 2.75) is 52.6 Å². The maximum atomic E-state index is 12.2. The Hall–Kier alpha value is -3.15. The van der Waals surface area contributed by atoms with Crippen LogP contribution in [0.15, 0.2) is 48.5 Å². The molecule has 1 atom stereocenters. The van der Waals surface area contributed by atoms with Gasteiger partial charge in [-0.1, -0.05) is 50.6 Å². The first-order chi connectivity index (χ1) is 14.1. The second kappa shape index (κ2) is 10.1. The number of anilines is 1. The van der Waals surface area contributed by atoms with Crippen LogP contribution in [0.3, 0.4) is 0 Å². The van der Waals surface area contributed by atoms with E-state index in [0.717, 1.165) is 11.1 Å². The average Bonchev–Trinajstić information content (AvgIpc) is 2.69. The Kier molecular flexibility index (Phi) is 7.75. The van der Waals surface area contributed by atoms with E-state index in [1.54, 1.807) is 24.3 Å². The van der Waals surface area contributed by atoms with E-state index in [1.165, 1.54) is 6.92 Å². The SMILES string of the molecule is Cc1ccc(NC(=O)[C@@H](C)OC(=O)CCNC(=O)c2ccc(C(C)(C)C)cc2)cc1. The predicted octanol–water partition coefficient (Wildman–Crippen LogP) is 3.98. The highest BCUT2D eigenvalue weighted by Gasteiger charge is 2.18. The lowest BCUT2D eigenvalue weighted by Crippen LogP contribution is -2.32. The summed E-state index contributed by atoms with van der Waals surface area (Å²) in [5.41, 5.74) is 3.40. The van der Waals surface area contributed by atoms with Gasteiger partial charge < -0.3 is 15.4 Å². The third-order valence-corrected chi connectivity index (χ3v) is 4.62. The lowest BCUT2D eigenvalue weighted by atomic mass is 9.87. The molecule has 2 N–H and O–H groups in total. The van der Waals surface area contributed by atoms with Gasteiger partial charge in [0.15, 0.2) is 6.10 Å². The summed E-state index contributed by atoms with van der Waals surface area (Å²) in [7, 11) is 0. The lowest BCUT2D eigenvalue weighted by molar-refractivity contribution is -0.153. The van der Waals surface area contributed by atoms with Gasteiger partial charge >= 0.3 is 5.97 Å². The Labute approximate surface area is 178 Å². The van der Waals surface area contributed by atoms with Gasteiger partial charge in [-0.05, 0) is 49.1 Å². The molecule has 2 aromatic rings. The number of hydrogen-bond donors (Lipinski definition) is 2. The summed E-state index contributed by atoms with van der Waals surface area (Å²) in [5, 5.41) is 5.39. The first kappa shape index (κ1) is 23.1. The van der Waals surface area contributed by atoms with Crippen molar-refractivity contribution in [2.75, 3.05) is 11.9 Å². The Balaban J connectivity index is 1.75. The molecule has 0 saturated heterocycles. The minimum absolute atomic E-state index is 0.0151. The number of carbonyl (C=O) groups excluding carboxylic acids is 3. The average molecular weight is 411 g/mol. The van der Waals surface area contributed by atoms with E-state index in [2.05, 4.69) is 31.4 Å². The van der Waals surface area contributed by atoms with Crippen LogP contribution in [0.25, 0.3) is 0 Å². The minimum Gasteiger partial charge on any atom is -0.452 e. The molecule has 0 spiro atoms. The molecule has 0 fully saturated rings. The smallest absolute Gasteiger partial charge is 0.308 e. The van der Waals surface area contributed by atoms with E-state index >= 15 is 0 Å². The maximum absolute atomic E-state index is 12.2. The molecule has 0 saturated carbocycles. The number of aryl methyl sites for hydroxylation is 1. The Morgan fingerprint density at radius 1 is 0.967 bits per heavy atom. The standard InChI is InChI=1S/C24H30N2O4/c1-16-6-12-20(13-7-16)26-22(28)17(2)30-21(27)14-15-25-23(29)18-8-10-19(11-9-18)24(3,4)5/h6-13,17H,14-15H2,1-5H3,(H,25,29)(H,26,28)/t17-/m1/s1. The summed E-state index contributed by atoms with van der Waals surface area (Å²) in [6, 6.07) is 14.7. The molecule has 0 unspecified atom stereocenters. The van der Waals surface area contributed by atoms with E-state index in [-0.39, 0.29) is 24.3 Å². The minimum atomic E-state index is -0.931. The summed E-state index contributed by atoms with van der Waals surface area (Å²) in [4.78, 5) is 36.3. The molecule has 6 heteroatoms. The molecule has 0 aliphatic heterocycles. The Morgan fingerprint density at radius 2 is 1.57 bits per heavy atom. The van der Waals surface area contributed by atoms with Crippen LogP contribution in [-0.2, 0) is 19.7 Å². The van der Waals surface area contributed by atoms with E-state index in [0.29, 0.717) is 11.3 Å². The normalized spacial score (nSPS) is 12.0. The molecule has 2 aromatic carbocycles. The monoisotopic (exact) mass is 410 g/mol. The van der Waals surface area contributed by atoms with Crippen LogP contribution in [0.5, 0.6) is 0 Å². The highest BCUT2D eigenvalue weighted by molar-refractivity contribution is 5.95. The van der Waals surface area contributed by atoms with E-state index < -0.39 is 18.0 Å². The molecular weight excluding hydrogens is 380 g/mol. The molecule has 2 rings (SSSR count). The topological polar surface area (TPSA) is 84.5 Å². The fraction of sp³-hybridized carbons (Fsp3) is 0.375. The number of nitrogens with one attached hydrogen (secondary N) is 2. The zero-order valence-electron chi connectivity index (χ0n) is 18.2. The lowest BCUT2D eigenvalue weighted by Gasteiger charge is -2.19. The number of amides is 2. The molecule has 2 amide bonds.